The third-order valence-electron chi connectivity index (χ3n) is 3.54. The summed E-state index contributed by atoms with van der Waals surface area (Å²) in [7, 11) is 0. The third-order valence-corrected chi connectivity index (χ3v) is 3.54. The molecule has 20 heavy (non-hydrogen) atoms. The molecule has 0 aromatic rings. The minimum Gasteiger partial charge on any atom is -0.380 e. The molecule has 0 heterocycles. The number of hydrogen-bond donors (Lipinski definition) is 0. The molecule has 0 saturated carbocycles. The predicted molar refractivity (Wildman–Crippen MR) is 78.2 cm³/mol. The average Bonchev–Trinajstić information content (AvgIpc) is 2.48. The molecule has 0 spiro atoms. The van der Waals surface area contributed by atoms with Crippen molar-refractivity contribution in [3.8, 4) is 6.07 Å². The highest BCUT2D eigenvalue weighted by Crippen LogP contribution is 2.28. The standard InChI is InChI=1S/C15H28N2O3/c1-5-15(6-2,13-16)14(18)17(9-11-19-7-3)10-12-20-8-4/h5-12H2,1-4H3. The molecule has 0 aromatic heterocycles. The zero-order valence-corrected chi connectivity index (χ0v) is 13.3. The van der Waals surface area contributed by atoms with Crippen LogP contribution in [0.2, 0.25) is 0 Å². The highest BCUT2D eigenvalue weighted by atomic mass is 16.5. The second kappa shape index (κ2) is 10.6. The van der Waals surface area contributed by atoms with Crippen molar-refractivity contribution in [2.45, 2.75) is 40.5 Å². The molecule has 0 N–H and O–H groups in total. The molecule has 0 aliphatic heterocycles. The topological polar surface area (TPSA) is 62.6 Å². The van der Waals surface area contributed by atoms with Crippen LogP contribution in [-0.2, 0) is 14.3 Å². The summed E-state index contributed by atoms with van der Waals surface area (Å²) in [5.41, 5.74) is -0.918. The van der Waals surface area contributed by atoms with Gasteiger partial charge >= 0.3 is 0 Å². The molecule has 116 valence electrons. The Morgan fingerprint density at radius 1 is 1.05 bits per heavy atom. The minimum absolute atomic E-state index is 0.107. The smallest absolute Gasteiger partial charge is 0.243 e. The SMILES string of the molecule is CCOCCN(CCOCC)C(=O)C(C#N)(CC)CC. The Hall–Kier alpha value is -1.12. The van der Waals surface area contributed by atoms with Gasteiger partial charge in [0.25, 0.3) is 0 Å². The Labute approximate surface area is 122 Å². The van der Waals surface area contributed by atoms with Gasteiger partial charge in [0.2, 0.25) is 5.91 Å². The van der Waals surface area contributed by atoms with Gasteiger partial charge in [-0.05, 0) is 26.7 Å². The van der Waals surface area contributed by atoms with E-state index in [1.54, 1.807) is 4.90 Å². The summed E-state index contributed by atoms with van der Waals surface area (Å²) in [4.78, 5) is 14.3. The van der Waals surface area contributed by atoms with Gasteiger partial charge in [0, 0.05) is 26.3 Å². The maximum atomic E-state index is 12.6. The van der Waals surface area contributed by atoms with Gasteiger partial charge in [-0.25, -0.2) is 0 Å². The van der Waals surface area contributed by atoms with Gasteiger partial charge in [-0.15, -0.1) is 0 Å². The van der Waals surface area contributed by atoms with Gasteiger partial charge in [0.05, 0.1) is 19.3 Å². The number of rotatable bonds is 11. The highest BCUT2D eigenvalue weighted by molar-refractivity contribution is 5.85. The van der Waals surface area contributed by atoms with Crippen LogP contribution in [0.25, 0.3) is 0 Å². The van der Waals surface area contributed by atoms with Gasteiger partial charge in [0.15, 0.2) is 0 Å². The lowest BCUT2D eigenvalue weighted by Gasteiger charge is -2.31. The van der Waals surface area contributed by atoms with Gasteiger partial charge in [0.1, 0.15) is 5.41 Å². The van der Waals surface area contributed by atoms with Gasteiger partial charge < -0.3 is 14.4 Å². The van der Waals surface area contributed by atoms with Crippen molar-refractivity contribution in [3.63, 3.8) is 0 Å². The van der Waals surface area contributed by atoms with Crippen LogP contribution in [0.1, 0.15) is 40.5 Å². The minimum atomic E-state index is -0.918. The van der Waals surface area contributed by atoms with Crippen molar-refractivity contribution in [3.05, 3.63) is 0 Å². The first-order chi connectivity index (χ1) is 9.61. The van der Waals surface area contributed by atoms with Crippen LogP contribution in [0.15, 0.2) is 0 Å². The Morgan fingerprint density at radius 2 is 1.50 bits per heavy atom. The lowest BCUT2D eigenvalue weighted by molar-refractivity contribution is -0.141. The van der Waals surface area contributed by atoms with E-state index in [0.717, 1.165) is 0 Å². The molecule has 5 nitrogen and oxygen atoms in total. The first-order valence-electron chi connectivity index (χ1n) is 7.47. The molecule has 0 unspecified atom stereocenters. The summed E-state index contributed by atoms with van der Waals surface area (Å²) < 4.78 is 10.6. The molecule has 0 saturated heterocycles. The maximum absolute atomic E-state index is 12.6. The number of carbonyl (C=O) groups excluding carboxylic acids is 1. The normalized spacial score (nSPS) is 11.2. The molecule has 0 aromatic carbocycles. The largest absolute Gasteiger partial charge is 0.380 e. The van der Waals surface area contributed by atoms with Crippen LogP contribution >= 0.6 is 0 Å². The first kappa shape index (κ1) is 18.9. The van der Waals surface area contributed by atoms with E-state index in [9.17, 15) is 10.1 Å². The monoisotopic (exact) mass is 284 g/mol. The van der Waals surface area contributed by atoms with Crippen LogP contribution < -0.4 is 0 Å². The van der Waals surface area contributed by atoms with Crippen molar-refractivity contribution in [2.75, 3.05) is 39.5 Å². The van der Waals surface area contributed by atoms with E-state index in [1.165, 1.54) is 0 Å². The summed E-state index contributed by atoms with van der Waals surface area (Å²) in [6.45, 7) is 10.8. The Morgan fingerprint density at radius 3 is 1.80 bits per heavy atom. The molecule has 0 aliphatic rings. The van der Waals surface area contributed by atoms with E-state index < -0.39 is 5.41 Å². The van der Waals surface area contributed by atoms with E-state index >= 15 is 0 Å². The molecular weight excluding hydrogens is 256 g/mol. The molecule has 0 bridgehead atoms. The molecule has 1 amide bonds. The van der Waals surface area contributed by atoms with Crippen LogP contribution in [0.4, 0.5) is 0 Å². The molecule has 0 fully saturated rings. The fraction of sp³-hybridized carbons (Fsp3) is 0.867. The summed E-state index contributed by atoms with van der Waals surface area (Å²) in [6, 6.07) is 2.20. The van der Waals surface area contributed by atoms with Crippen LogP contribution in [-0.4, -0.2) is 50.3 Å². The average molecular weight is 284 g/mol. The Kier molecular flexibility index (Phi) is 10.0. The summed E-state index contributed by atoms with van der Waals surface area (Å²) in [5, 5.41) is 9.38. The zero-order valence-electron chi connectivity index (χ0n) is 13.3. The van der Waals surface area contributed by atoms with Gasteiger partial charge in [-0.3, -0.25) is 4.79 Å². The van der Waals surface area contributed by atoms with Crippen LogP contribution in [0, 0.1) is 16.7 Å². The van der Waals surface area contributed by atoms with E-state index in [1.807, 2.05) is 27.7 Å². The molecule has 0 atom stereocenters. The fourth-order valence-corrected chi connectivity index (χ4v) is 2.01. The van der Waals surface area contributed by atoms with Crippen molar-refractivity contribution < 1.29 is 14.3 Å². The van der Waals surface area contributed by atoms with Crippen molar-refractivity contribution in [2.24, 2.45) is 5.41 Å². The second-order valence-corrected chi connectivity index (χ2v) is 4.59. The lowest BCUT2D eigenvalue weighted by Crippen LogP contribution is -2.45. The molecule has 5 heteroatoms. The summed E-state index contributed by atoms with van der Waals surface area (Å²) >= 11 is 0. The number of amides is 1. The van der Waals surface area contributed by atoms with Gasteiger partial charge in [-0.1, -0.05) is 13.8 Å². The third kappa shape index (κ3) is 5.48. The number of nitrogens with zero attached hydrogens (tertiary/aromatic N) is 2. The van der Waals surface area contributed by atoms with E-state index in [0.29, 0.717) is 52.4 Å². The molecule has 0 rings (SSSR count). The first-order valence-corrected chi connectivity index (χ1v) is 7.47. The van der Waals surface area contributed by atoms with E-state index in [4.69, 9.17) is 9.47 Å². The Balaban J connectivity index is 4.79. The number of nitriles is 1. The Bertz CT molecular complexity index is 299. The zero-order chi connectivity index (χ0) is 15.4. The lowest BCUT2D eigenvalue weighted by atomic mass is 9.82. The van der Waals surface area contributed by atoms with Crippen molar-refractivity contribution in [1.29, 1.82) is 5.26 Å². The summed E-state index contributed by atoms with van der Waals surface area (Å²) in [5.74, 6) is -0.107. The predicted octanol–water partition coefficient (Wildman–Crippen LogP) is 2.22. The van der Waals surface area contributed by atoms with Gasteiger partial charge in [-0.2, -0.15) is 5.26 Å². The van der Waals surface area contributed by atoms with Crippen molar-refractivity contribution >= 4 is 5.91 Å². The van der Waals surface area contributed by atoms with E-state index in [2.05, 4.69) is 6.07 Å². The second-order valence-electron chi connectivity index (χ2n) is 4.59. The molecule has 0 aliphatic carbocycles. The number of ether oxygens (including phenoxy) is 2. The number of hydrogen-bond acceptors (Lipinski definition) is 4. The van der Waals surface area contributed by atoms with E-state index in [-0.39, 0.29) is 5.91 Å². The quantitative estimate of drug-likeness (QED) is 0.546. The fourth-order valence-electron chi connectivity index (χ4n) is 2.01. The highest BCUT2D eigenvalue weighted by Gasteiger charge is 2.38. The van der Waals surface area contributed by atoms with Crippen molar-refractivity contribution in [1.82, 2.24) is 4.90 Å². The number of carbonyl (C=O) groups is 1. The molecule has 0 radical (unpaired) electrons. The van der Waals surface area contributed by atoms with Crippen LogP contribution in [0.3, 0.4) is 0 Å². The van der Waals surface area contributed by atoms with Crippen LogP contribution in [0.5, 0.6) is 0 Å². The summed E-state index contributed by atoms with van der Waals surface area (Å²) in [6.07, 6.45) is 1.05. The maximum Gasteiger partial charge on any atom is 0.243 e. The molecular formula is C15H28N2O3.